The molecule has 2 aromatic heterocycles. The van der Waals surface area contributed by atoms with Crippen LogP contribution < -0.4 is 10.9 Å². The molecule has 1 fully saturated rings. The zero-order chi connectivity index (χ0) is 21.9. The number of nitrogens with zero attached hydrogens (tertiary/aromatic N) is 2. The van der Waals surface area contributed by atoms with Gasteiger partial charge < -0.3 is 10.3 Å². The highest BCUT2D eigenvalue weighted by atomic mass is 32.1. The molecule has 4 aromatic rings. The van der Waals surface area contributed by atoms with E-state index in [1.807, 2.05) is 35.7 Å². The van der Waals surface area contributed by atoms with Gasteiger partial charge in [0.05, 0.1) is 11.4 Å². The van der Waals surface area contributed by atoms with Gasteiger partial charge in [0, 0.05) is 23.5 Å². The number of aromatic nitrogens is 2. The summed E-state index contributed by atoms with van der Waals surface area (Å²) in [6.07, 6.45) is 2.20. The molecule has 1 atom stereocenters. The number of rotatable bonds is 6. The maximum absolute atomic E-state index is 12.9. The van der Waals surface area contributed by atoms with Crippen molar-refractivity contribution < 1.29 is 0 Å². The van der Waals surface area contributed by atoms with Gasteiger partial charge in [-0.1, -0.05) is 60.7 Å². The number of hydrogen-bond donors (Lipinski definition) is 2. The number of H-pyrrole nitrogens is 1. The fraction of sp³-hybridized carbons (Fsp3) is 0.308. The van der Waals surface area contributed by atoms with E-state index in [4.69, 9.17) is 4.98 Å². The molecule has 32 heavy (non-hydrogen) atoms. The predicted molar refractivity (Wildman–Crippen MR) is 132 cm³/mol. The van der Waals surface area contributed by atoms with Crippen molar-refractivity contribution in [2.75, 3.05) is 13.1 Å². The lowest BCUT2D eigenvalue weighted by atomic mass is 10.0. The van der Waals surface area contributed by atoms with Crippen LogP contribution in [-0.2, 0) is 6.54 Å². The van der Waals surface area contributed by atoms with Crippen LogP contribution in [-0.4, -0.2) is 34.0 Å². The van der Waals surface area contributed by atoms with Gasteiger partial charge in [-0.2, -0.15) is 0 Å². The van der Waals surface area contributed by atoms with E-state index in [0.717, 1.165) is 54.3 Å². The van der Waals surface area contributed by atoms with Crippen molar-refractivity contribution in [1.82, 2.24) is 20.2 Å². The second-order valence-corrected chi connectivity index (χ2v) is 9.43. The number of piperidine rings is 1. The van der Waals surface area contributed by atoms with Crippen LogP contribution in [0.4, 0.5) is 0 Å². The molecule has 0 unspecified atom stereocenters. The van der Waals surface area contributed by atoms with E-state index < -0.39 is 0 Å². The predicted octanol–water partition coefficient (Wildman–Crippen LogP) is 4.97. The molecule has 164 valence electrons. The molecule has 2 aromatic carbocycles. The van der Waals surface area contributed by atoms with Gasteiger partial charge in [0.2, 0.25) is 0 Å². The molecular weight excluding hydrogens is 416 g/mol. The van der Waals surface area contributed by atoms with E-state index in [1.54, 1.807) is 0 Å². The lowest BCUT2D eigenvalue weighted by Gasteiger charge is -2.33. The summed E-state index contributed by atoms with van der Waals surface area (Å²) in [6, 6.07) is 21.1. The highest BCUT2D eigenvalue weighted by molar-refractivity contribution is 7.17. The topological polar surface area (TPSA) is 61.0 Å². The minimum absolute atomic E-state index is 0.0000450. The average Bonchev–Trinajstić information content (AvgIpc) is 3.26. The van der Waals surface area contributed by atoms with Gasteiger partial charge >= 0.3 is 0 Å². The third-order valence-corrected chi connectivity index (χ3v) is 7.15. The van der Waals surface area contributed by atoms with Crippen molar-refractivity contribution in [3.8, 4) is 11.1 Å². The number of hydrogen-bond acceptors (Lipinski definition) is 5. The minimum atomic E-state index is -0.0589. The second kappa shape index (κ2) is 9.36. The highest BCUT2D eigenvalue weighted by Gasteiger charge is 2.22. The third-order valence-electron chi connectivity index (χ3n) is 6.28. The lowest BCUT2D eigenvalue weighted by molar-refractivity contribution is 0.184. The molecule has 0 amide bonds. The van der Waals surface area contributed by atoms with E-state index in [9.17, 15) is 4.79 Å². The summed E-state index contributed by atoms with van der Waals surface area (Å²) in [7, 11) is 0. The number of thiophene rings is 1. The Morgan fingerprint density at radius 3 is 2.50 bits per heavy atom. The monoisotopic (exact) mass is 444 g/mol. The van der Waals surface area contributed by atoms with Crippen LogP contribution >= 0.6 is 11.3 Å². The number of likely N-dealkylation sites (tertiary alicyclic amines) is 1. The maximum Gasteiger partial charge on any atom is 0.260 e. The Morgan fingerprint density at radius 2 is 1.78 bits per heavy atom. The van der Waals surface area contributed by atoms with Crippen LogP contribution in [0, 0.1) is 0 Å². The second-order valence-electron chi connectivity index (χ2n) is 8.57. The van der Waals surface area contributed by atoms with Gasteiger partial charge in [0.1, 0.15) is 10.7 Å². The molecule has 0 aliphatic carbocycles. The van der Waals surface area contributed by atoms with Crippen molar-refractivity contribution in [1.29, 1.82) is 0 Å². The average molecular weight is 445 g/mol. The van der Waals surface area contributed by atoms with E-state index in [0.29, 0.717) is 11.4 Å². The molecule has 2 N–H and O–H groups in total. The maximum atomic E-state index is 12.9. The van der Waals surface area contributed by atoms with Gasteiger partial charge in [-0.3, -0.25) is 9.69 Å². The molecule has 5 nitrogen and oxygen atoms in total. The summed E-state index contributed by atoms with van der Waals surface area (Å²) < 4.78 is 0. The zero-order valence-corrected chi connectivity index (χ0v) is 19.1. The molecule has 0 bridgehead atoms. The summed E-state index contributed by atoms with van der Waals surface area (Å²) in [4.78, 5) is 24.1. The normalized spacial score (nSPS) is 16.4. The standard InChI is InChI=1S/C26H28N4OS/c1-18(27-21-12-14-30(15-13-21)16-19-8-4-2-5-9-19)24-28-25(31)23-22(17-32-26(23)29-24)20-10-6-3-7-11-20/h2-11,17-18,21,27H,12-16H2,1H3,(H,28,29,31)/t18-/m1/s1. The Bertz CT molecular complexity index is 1230. The van der Waals surface area contributed by atoms with Crippen molar-refractivity contribution in [3.63, 3.8) is 0 Å². The molecule has 6 heteroatoms. The van der Waals surface area contributed by atoms with Crippen molar-refractivity contribution >= 4 is 21.6 Å². The number of nitrogens with one attached hydrogen (secondary N) is 2. The largest absolute Gasteiger partial charge is 0.309 e. The highest BCUT2D eigenvalue weighted by Crippen LogP contribution is 2.31. The van der Waals surface area contributed by atoms with Gasteiger partial charge in [-0.25, -0.2) is 4.98 Å². The van der Waals surface area contributed by atoms with E-state index in [1.165, 1.54) is 16.9 Å². The van der Waals surface area contributed by atoms with Crippen LogP contribution in [0.5, 0.6) is 0 Å². The summed E-state index contributed by atoms with van der Waals surface area (Å²) in [5.41, 5.74) is 3.31. The Kier molecular flexibility index (Phi) is 6.17. The van der Waals surface area contributed by atoms with Gasteiger partial charge in [-0.15, -0.1) is 11.3 Å². The van der Waals surface area contributed by atoms with Gasteiger partial charge in [-0.05, 0) is 44.0 Å². The zero-order valence-electron chi connectivity index (χ0n) is 18.3. The third kappa shape index (κ3) is 4.53. The summed E-state index contributed by atoms with van der Waals surface area (Å²) in [5, 5.41) is 6.42. The first-order chi connectivity index (χ1) is 15.7. The van der Waals surface area contributed by atoms with Crippen LogP contribution in [0.1, 0.15) is 37.2 Å². The molecular formula is C26H28N4OS. The van der Waals surface area contributed by atoms with Crippen LogP contribution in [0.3, 0.4) is 0 Å². The minimum Gasteiger partial charge on any atom is -0.309 e. The molecule has 3 heterocycles. The van der Waals surface area contributed by atoms with E-state index in [-0.39, 0.29) is 11.6 Å². The fourth-order valence-electron chi connectivity index (χ4n) is 4.53. The summed E-state index contributed by atoms with van der Waals surface area (Å²) in [5.74, 6) is 0.718. The molecule has 0 radical (unpaired) electrons. The van der Waals surface area contributed by atoms with Gasteiger partial charge in [0.25, 0.3) is 5.56 Å². The Labute approximate surface area is 192 Å². The Morgan fingerprint density at radius 1 is 1.09 bits per heavy atom. The van der Waals surface area contributed by atoms with Crippen LogP contribution in [0.2, 0.25) is 0 Å². The summed E-state index contributed by atoms with van der Waals surface area (Å²) in [6.45, 7) is 5.25. The number of aromatic amines is 1. The first-order valence-electron chi connectivity index (χ1n) is 11.3. The molecule has 0 spiro atoms. The molecule has 1 aliphatic heterocycles. The van der Waals surface area contributed by atoms with Crippen LogP contribution in [0.15, 0.2) is 70.8 Å². The lowest BCUT2D eigenvalue weighted by Crippen LogP contribution is -2.43. The number of benzene rings is 2. The molecule has 0 saturated carbocycles. The molecule has 5 rings (SSSR count). The summed E-state index contributed by atoms with van der Waals surface area (Å²) >= 11 is 1.54. The van der Waals surface area contributed by atoms with E-state index >= 15 is 0 Å². The Hall–Kier alpha value is -2.80. The first-order valence-corrected chi connectivity index (χ1v) is 12.1. The van der Waals surface area contributed by atoms with E-state index in [2.05, 4.69) is 52.5 Å². The molecule has 1 saturated heterocycles. The first kappa shape index (κ1) is 21.1. The quantitative estimate of drug-likeness (QED) is 0.441. The van der Waals surface area contributed by atoms with Crippen molar-refractivity contribution in [2.24, 2.45) is 0 Å². The van der Waals surface area contributed by atoms with Crippen LogP contribution in [0.25, 0.3) is 21.3 Å². The fourth-order valence-corrected chi connectivity index (χ4v) is 5.49. The Balaban J connectivity index is 1.25. The number of fused-ring (bicyclic) bond motifs is 1. The van der Waals surface area contributed by atoms with Crippen molar-refractivity contribution in [2.45, 2.75) is 38.4 Å². The molecule has 1 aliphatic rings. The van der Waals surface area contributed by atoms with Gasteiger partial charge in [0.15, 0.2) is 0 Å². The SMILES string of the molecule is C[C@@H](NC1CCN(Cc2ccccc2)CC1)c1nc2scc(-c3ccccc3)c2c(=O)[nH]1. The van der Waals surface area contributed by atoms with Crippen molar-refractivity contribution in [3.05, 3.63) is 87.8 Å². The smallest absolute Gasteiger partial charge is 0.260 e.